The molecule has 4 rings (SSSR count). The molecule has 0 radical (unpaired) electrons. The molecule has 0 aliphatic carbocycles. The van der Waals surface area contributed by atoms with Crippen molar-refractivity contribution in [1.29, 1.82) is 0 Å². The van der Waals surface area contributed by atoms with Crippen molar-refractivity contribution in [1.82, 2.24) is 29.9 Å². The quantitative estimate of drug-likeness (QED) is 0.496. The average molecular weight is 374 g/mol. The molecule has 0 atom stereocenters. The number of benzene rings is 2. The topological polar surface area (TPSA) is 79.4 Å². The van der Waals surface area contributed by atoms with Crippen LogP contribution in [0, 0.1) is 6.92 Å². The molecule has 0 aliphatic heterocycles. The monoisotopic (exact) mass is 374 g/mol. The smallest absolute Gasteiger partial charge is 0.161 e. The maximum atomic E-state index is 4.31. The summed E-state index contributed by atoms with van der Waals surface area (Å²) < 4.78 is 3.36. The number of aryl methyl sites for hydroxylation is 1. The van der Waals surface area contributed by atoms with Crippen molar-refractivity contribution in [3.63, 3.8) is 0 Å². The van der Waals surface area contributed by atoms with E-state index in [2.05, 4.69) is 55.0 Å². The zero-order valence-electron chi connectivity index (χ0n) is 14.8. The average Bonchev–Trinajstić information content (AvgIpc) is 3.21. The number of nitrogens with zero attached hydrogens (tertiary/aromatic N) is 4. The van der Waals surface area contributed by atoms with Gasteiger partial charge in [-0.2, -0.15) is 0 Å². The van der Waals surface area contributed by atoms with Crippen LogP contribution in [0.4, 0.5) is 0 Å². The van der Waals surface area contributed by atoms with Crippen LogP contribution in [0.2, 0.25) is 0 Å². The van der Waals surface area contributed by atoms with Crippen LogP contribution in [-0.2, 0) is 6.54 Å². The van der Waals surface area contributed by atoms with Gasteiger partial charge in [-0.25, -0.2) is 9.97 Å². The highest BCUT2D eigenvalue weighted by atomic mass is 32.2. The zero-order valence-corrected chi connectivity index (χ0v) is 15.6. The number of nitrogens with one attached hydrogen (secondary N) is 2. The predicted molar refractivity (Wildman–Crippen MR) is 107 cm³/mol. The Hall–Kier alpha value is -3.03. The van der Waals surface area contributed by atoms with Crippen LogP contribution >= 0.6 is 11.9 Å². The first-order valence-corrected chi connectivity index (χ1v) is 9.34. The molecule has 0 bridgehead atoms. The number of aromatic amines is 1. The second-order valence-corrected chi connectivity index (χ2v) is 6.97. The van der Waals surface area contributed by atoms with Gasteiger partial charge in [0, 0.05) is 40.5 Å². The van der Waals surface area contributed by atoms with Crippen LogP contribution in [0.25, 0.3) is 22.8 Å². The molecule has 2 aromatic heterocycles. The SMILES string of the molecule is Cc1ccc(-c2nnc(-c3ccccc3)[nH]2)cc1SNCc1cncnc1. The van der Waals surface area contributed by atoms with Gasteiger partial charge in [0.1, 0.15) is 6.33 Å². The Labute approximate surface area is 161 Å². The number of aromatic nitrogens is 5. The molecule has 2 aromatic carbocycles. The highest BCUT2D eigenvalue weighted by Gasteiger charge is 2.09. The highest BCUT2D eigenvalue weighted by molar-refractivity contribution is 7.97. The molecule has 27 heavy (non-hydrogen) atoms. The first-order chi connectivity index (χ1) is 13.3. The van der Waals surface area contributed by atoms with E-state index < -0.39 is 0 Å². The molecule has 0 spiro atoms. The van der Waals surface area contributed by atoms with Crippen LogP contribution in [0.3, 0.4) is 0 Å². The Morgan fingerprint density at radius 1 is 0.926 bits per heavy atom. The molecule has 0 saturated carbocycles. The molecule has 2 heterocycles. The fraction of sp³-hybridized carbons (Fsp3) is 0.100. The molecule has 0 aliphatic rings. The highest BCUT2D eigenvalue weighted by Crippen LogP contribution is 2.27. The minimum Gasteiger partial charge on any atom is -0.321 e. The lowest BCUT2D eigenvalue weighted by Crippen LogP contribution is -2.04. The van der Waals surface area contributed by atoms with Crippen molar-refractivity contribution in [3.05, 3.63) is 78.4 Å². The van der Waals surface area contributed by atoms with Gasteiger partial charge in [-0.1, -0.05) is 42.5 Å². The molecule has 6 nitrogen and oxygen atoms in total. The maximum Gasteiger partial charge on any atom is 0.161 e. The Bertz CT molecular complexity index is 1020. The van der Waals surface area contributed by atoms with Crippen LogP contribution in [-0.4, -0.2) is 25.1 Å². The Kier molecular flexibility index (Phi) is 5.22. The number of hydrogen-bond donors (Lipinski definition) is 2. The van der Waals surface area contributed by atoms with E-state index in [1.807, 2.05) is 42.7 Å². The fourth-order valence-electron chi connectivity index (χ4n) is 2.59. The summed E-state index contributed by atoms with van der Waals surface area (Å²) in [7, 11) is 0. The summed E-state index contributed by atoms with van der Waals surface area (Å²) in [6.45, 7) is 2.78. The van der Waals surface area contributed by atoms with Crippen molar-refractivity contribution >= 4 is 11.9 Å². The zero-order chi connectivity index (χ0) is 18.5. The largest absolute Gasteiger partial charge is 0.321 e. The molecule has 134 valence electrons. The fourth-order valence-corrected chi connectivity index (χ4v) is 3.40. The Morgan fingerprint density at radius 2 is 1.67 bits per heavy atom. The summed E-state index contributed by atoms with van der Waals surface area (Å²) >= 11 is 1.59. The Balaban J connectivity index is 1.50. The Morgan fingerprint density at radius 3 is 2.44 bits per heavy atom. The van der Waals surface area contributed by atoms with E-state index in [0.29, 0.717) is 6.54 Å². The van der Waals surface area contributed by atoms with E-state index in [9.17, 15) is 0 Å². The first-order valence-electron chi connectivity index (χ1n) is 8.52. The lowest BCUT2D eigenvalue weighted by atomic mass is 10.1. The molecule has 0 amide bonds. The van der Waals surface area contributed by atoms with Gasteiger partial charge < -0.3 is 4.98 Å². The van der Waals surface area contributed by atoms with Gasteiger partial charge in [0.15, 0.2) is 11.6 Å². The lowest BCUT2D eigenvalue weighted by Gasteiger charge is -2.08. The number of hydrogen-bond acceptors (Lipinski definition) is 6. The van der Waals surface area contributed by atoms with Crippen LogP contribution in [0.15, 0.2) is 72.1 Å². The molecule has 0 saturated heterocycles. The molecule has 2 N–H and O–H groups in total. The van der Waals surface area contributed by atoms with E-state index in [4.69, 9.17) is 0 Å². The summed E-state index contributed by atoms with van der Waals surface area (Å²) in [5.41, 5.74) is 4.26. The molecule has 7 heteroatoms. The molecule has 4 aromatic rings. The van der Waals surface area contributed by atoms with Gasteiger partial charge in [-0.15, -0.1) is 10.2 Å². The van der Waals surface area contributed by atoms with Gasteiger partial charge in [0.2, 0.25) is 0 Å². The van der Waals surface area contributed by atoms with Gasteiger partial charge in [-0.05, 0) is 30.5 Å². The summed E-state index contributed by atoms with van der Waals surface area (Å²) in [5, 5.41) is 8.58. The summed E-state index contributed by atoms with van der Waals surface area (Å²) in [6, 6.07) is 16.2. The van der Waals surface area contributed by atoms with Crippen molar-refractivity contribution in [2.24, 2.45) is 0 Å². The van der Waals surface area contributed by atoms with Crippen LogP contribution in [0.1, 0.15) is 11.1 Å². The van der Waals surface area contributed by atoms with Gasteiger partial charge in [0.05, 0.1) is 0 Å². The molecular formula is C20H18N6S. The molecular weight excluding hydrogens is 356 g/mol. The third kappa shape index (κ3) is 4.21. The standard InChI is InChI=1S/C20H18N6S/c1-14-7-8-17(9-18(14)27-23-12-15-10-21-13-22-11-15)20-24-19(25-26-20)16-5-3-2-4-6-16/h2-11,13,23H,12H2,1H3,(H,24,25,26). The van der Waals surface area contributed by atoms with Crippen molar-refractivity contribution < 1.29 is 0 Å². The second-order valence-electron chi connectivity index (χ2n) is 6.04. The number of rotatable bonds is 6. The minimum atomic E-state index is 0.690. The van der Waals surface area contributed by atoms with Crippen molar-refractivity contribution in [2.75, 3.05) is 0 Å². The van der Waals surface area contributed by atoms with E-state index in [1.165, 1.54) is 11.9 Å². The van der Waals surface area contributed by atoms with E-state index >= 15 is 0 Å². The summed E-state index contributed by atoms with van der Waals surface area (Å²) in [4.78, 5) is 12.5. The second kappa shape index (κ2) is 8.11. The third-order valence-corrected chi connectivity index (χ3v) is 5.02. The third-order valence-electron chi connectivity index (χ3n) is 4.07. The van der Waals surface area contributed by atoms with E-state index in [-0.39, 0.29) is 0 Å². The summed E-state index contributed by atoms with van der Waals surface area (Å²) in [6.07, 6.45) is 5.15. The van der Waals surface area contributed by atoms with E-state index in [1.54, 1.807) is 11.9 Å². The normalized spacial score (nSPS) is 10.9. The maximum absolute atomic E-state index is 4.31. The minimum absolute atomic E-state index is 0.690. The number of H-pyrrole nitrogens is 1. The van der Waals surface area contributed by atoms with Crippen molar-refractivity contribution in [2.45, 2.75) is 18.4 Å². The van der Waals surface area contributed by atoms with Gasteiger partial charge >= 0.3 is 0 Å². The van der Waals surface area contributed by atoms with Gasteiger partial charge in [0.25, 0.3) is 0 Å². The summed E-state index contributed by atoms with van der Waals surface area (Å²) in [5.74, 6) is 1.52. The lowest BCUT2D eigenvalue weighted by molar-refractivity contribution is 0.940. The van der Waals surface area contributed by atoms with Gasteiger partial charge in [-0.3, -0.25) is 4.72 Å². The first kappa shape index (κ1) is 17.4. The van der Waals surface area contributed by atoms with Crippen molar-refractivity contribution in [3.8, 4) is 22.8 Å². The van der Waals surface area contributed by atoms with E-state index in [0.717, 1.165) is 33.2 Å². The molecule has 0 fully saturated rings. The predicted octanol–water partition coefficient (Wildman–Crippen LogP) is 4.03. The molecule has 0 unspecified atom stereocenters. The van der Waals surface area contributed by atoms with Crippen LogP contribution < -0.4 is 4.72 Å². The van der Waals surface area contributed by atoms with Crippen LogP contribution in [0.5, 0.6) is 0 Å².